The Bertz CT molecular complexity index is 667. The molecule has 1 aromatic heterocycles. The van der Waals surface area contributed by atoms with Crippen LogP contribution in [-0.4, -0.2) is 33.6 Å². The van der Waals surface area contributed by atoms with E-state index in [9.17, 15) is 14.4 Å². The highest BCUT2D eigenvalue weighted by Gasteiger charge is 2.11. The standard InChI is InChI=1S/C14H12N2O4S/c17-12(16-13(18)11-5-2-6-15-11)8-21-10-4-1-3-9(7-10)14(19)20/h1-7,15H,8H2,(H,19,20)(H,16,17,18). The number of aromatic amines is 1. The molecule has 0 aliphatic heterocycles. The Labute approximate surface area is 124 Å². The third-order valence-corrected chi connectivity index (χ3v) is 3.54. The summed E-state index contributed by atoms with van der Waals surface area (Å²) in [5.41, 5.74) is 0.462. The molecule has 0 aliphatic carbocycles. The molecular weight excluding hydrogens is 292 g/mol. The van der Waals surface area contributed by atoms with E-state index in [2.05, 4.69) is 10.3 Å². The number of hydrogen-bond donors (Lipinski definition) is 3. The highest BCUT2D eigenvalue weighted by Crippen LogP contribution is 2.18. The van der Waals surface area contributed by atoms with Crippen LogP contribution in [0.15, 0.2) is 47.5 Å². The van der Waals surface area contributed by atoms with Crippen LogP contribution in [0, 0.1) is 0 Å². The maximum Gasteiger partial charge on any atom is 0.335 e. The summed E-state index contributed by atoms with van der Waals surface area (Å²) >= 11 is 1.16. The molecule has 0 aliphatic rings. The third kappa shape index (κ3) is 4.22. The summed E-state index contributed by atoms with van der Waals surface area (Å²) in [7, 11) is 0. The molecule has 0 saturated heterocycles. The molecule has 21 heavy (non-hydrogen) atoms. The second-order valence-corrected chi connectivity index (χ2v) is 5.13. The van der Waals surface area contributed by atoms with Gasteiger partial charge < -0.3 is 10.1 Å². The van der Waals surface area contributed by atoms with Crippen molar-refractivity contribution >= 4 is 29.5 Å². The Morgan fingerprint density at radius 1 is 1.19 bits per heavy atom. The number of carbonyl (C=O) groups excluding carboxylic acids is 2. The first-order chi connectivity index (χ1) is 10.1. The van der Waals surface area contributed by atoms with Crippen molar-refractivity contribution in [1.29, 1.82) is 0 Å². The van der Waals surface area contributed by atoms with Crippen molar-refractivity contribution in [3.05, 3.63) is 53.9 Å². The van der Waals surface area contributed by atoms with Crippen molar-refractivity contribution in [1.82, 2.24) is 10.3 Å². The molecule has 0 saturated carbocycles. The summed E-state index contributed by atoms with van der Waals surface area (Å²) in [4.78, 5) is 37.5. The fourth-order valence-electron chi connectivity index (χ4n) is 1.57. The third-order valence-electron chi connectivity index (χ3n) is 2.55. The minimum absolute atomic E-state index is 0.0233. The minimum atomic E-state index is -1.02. The van der Waals surface area contributed by atoms with Gasteiger partial charge in [0.2, 0.25) is 5.91 Å². The number of thioether (sulfide) groups is 1. The van der Waals surface area contributed by atoms with Crippen molar-refractivity contribution in [3.63, 3.8) is 0 Å². The van der Waals surface area contributed by atoms with E-state index >= 15 is 0 Å². The van der Waals surface area contributed by atoms with Gasteiger partial charge in [0.05, 0.1) is 11.3 Å². The second kappa shape index (κ2) is 6.76. The van der Waals surface area contributed by atoms with Gasteiger partial charge in [-0.15, -0.1) is 11.8 Å². The molecule has 0 bridgehead atoms. The molecule has 0 atom stereocenters. The Morgan fingerprint density at radius 2 is 2.00 bits per heavy atom. The van der Waals surface area contributed by atoms with Gasteiger partial charge in [-0.1, -0.05) is 6.07 Å². The zero-order valence-electron chi connectivity index (χ0n) is 10.8. The first kappa shape index (κ1) is 14.9. The second-order valence-electron chi connectivity index (χ2n) is 4.08. The minimum Gasteiger partial charge on any atom is -0.478 e. The molecule has 6 nitrogen and oxygen atoms in total. The fraction of sp³-hybridized carbons (Fsp3) is 0.0714. The largest absolute Gasteiger partial charge is 0.478 e. The number of amides is 2. The van der Waals surface area contributed by atoms with Gasteiger partial charge in [-0.2, -0.15) is 0 Å². The molecule has 108 valence electrons. The molecule has 3 N–H and O–H groups in total. The monoisotopic (exact) mass is 304 g/mol. The van der Waals surface area contributed by atoms with Crippen molar-refractivity contribution in [3.8, 4) is 0 Å². The van der Waals surface area contributed by atoms with E-state index in [1.54, 1.807) is 30.5 Å². The predicted octanol–water partition coefficient (Wildman–Crippen LogP) is 1.76. The summed E-state index contributed by atoms with van der Waals surface area (Å²) in [6.45, 7) is 0. The maximum atomic E-state index is 11.7. The van der Waals surface area contributed by atoms with Gasteiger partial charge in [0.1, 0.15) is 5.69 Å². The number of nitrogens with one attached hydrogen (secondary N) is 2. The van der Waals surface area contributed by atoms with Crippen LogP contribution < -0.4 is 5.32 Å². The van der Waals surface area contributed by atoms with Crippen LogP contribution in [0.1, 0.15) is 20.8 Å². The van der Waals surface area contributed by atoms with Gasteiger partial charge in [-0.25, -0.2) is 4.79 Å². The van der Waals surface area contributed by atoms with Gasteiger partial charge >= 0.3 is 5.97 Å². The van der Waals surface area contributed by atoms with E-state index in [-0.39, 0.29) is 11.3 Å². The fourth-order valence-corrected chi connectivity index (χ4v) is 2.32. The van der Waals surface area contributed by atoms with E-state index < -0.39 is 17.8 Å². The lowest BCUT2D eigenvalue weighted by Crippen LogP contribution is -2.32. The molecule has 0 unspecified atom stereocenters. The molecule has 1 aromatic carbocycles. The molecule has 7 heteroatoms. The quantitative estimate of drug-likeness (QED) is 0.731. The van der Waals surface area contributed by atoms with Crippen molar-refractivity contribution in [2.75, 3.05) is 5.75 Å². The molecule has 1 heterocycles. The number of imide groups is 1. The average Bonchev–Trinajstić information content (AvgIpc) is 2.99. The molecule has 2 rings (SSSR count). The Kier molecular flexibility index (Phi) is 4.78. The van der Waals surface area contributed by atoms with Crippen LogP contribution in [0.5, 0.6) is 0 Å². The predicted molar refractivity (Wildman–Crippen MR) is 77.4 cm³/mol. The molecule has 0 spiro atoms. The molecule has 2 amide bonds. The number of H-pyrrole nitrogens is 1. The SMILES string of the molecule is O=C(CSc1cccc(C(=O)O)c1)NC(=O)c1ccc[nH]1. The molecule has 0 radical (unpaired) electrons. The number of aromatic carboxylic acids is 1. The van der Waals surface area contributed by atoms with Crippen molar-refractivity contribution < 1.29 is 19.5 Å². The number of hydrogen-bond acceptors (Lipinski definition) is 4. The summed E-state index contributed by atoms with van der Waals surface area (Å²) in [6, 6.07) is 9.48. The number of rotatable bonds is 5. The molecule has 0 fully saturated rings. The van der Waals surface area contributed by atoms with Crippen LogP contribution in [0.3, 0.4) is 0 Å². The average molecular weight is 304 g/mol. The van der Waals surface area contributed by atoms with Crippen LogP contribution in [0.2, 0.25) is 0 Å². The Morgan fingerprint density at radius 3 is 2.67 bits per heavy atom. The highest BCUT2D eigenvalue weighted by molar-refractivity contribution is 8.00. The summed E-state index contributed by atoms with van der Waals surface area (Å²) in [5.74, 6) is -1.94. The lowest BCUT2D eigenvalue weighted by atomic mass is 10.2. The van der Waals surface area contributed by atoms with Gasteiger partial charge in [-0.05, 0) is 30.3 Å². The lowest BCUT2D eigenvalue weighted by molar-refractivity contribution is -0.117. The van der Waals surface area contributed by atoms with Crippen LogP contribution >= 0.6 is 11.8 Å². The number of carboxylic acid groups (broad SMARTS) is 1. The number of carbonyl (C=O) groups is 3. The lowest BCUT2D eigenvalue weighted by Gasteiger charge is -2.04. The summed E-state index contributed by atoms with van der Waals surface area (Å²) in [5, 5.41) is 11.1. The highest BCUT2D eigenvalue weighted by atomic mass is 32.2. The van der Waals surface area contributed by atoms with Crippen LogP contribution in [0.4, 0.5) is 0 Å². The van der Waals surface area contributed by atoms with E-state index in [0.29, 0.717) is 10.6 Å². The first-order valence-corrected chi connectivity index (χ1v) is 6.98. The van der Waals surface area contributed by atoms with Gasteiger partial charge in [0.15, 0.2) is 0 Å². The van der Waals surface area contributed by atoms with Crippen LogP contribution in [0.25, 0.3) is 0 Å². The number of carboxylic acids is 1. The topological polar surface area (TPSA) is 99.3 Å². The molecular formula is C14H12N2O4S. The van der Waals surface area contributed by atoms with E-state index in [1.165, 1.54) is 12.1 Å². The zero-order valence-corrected chi connectivity index (χ0v) is 11.6. The van der Waals surface area contributed by atoms with Gasteiger partial charge in [0.25, 0.3) is 5.91 Å². The van der Waals surface area contributed by atoms with E-state index in [1.807, 2.05) is 0 Å². The van der Waals surface area contributed by atoms with Crippen molar-refractivity contribution in [2.24, 2.45) is 0 Å². The normalized spacial score (nSPS) is 10.1. The van der Waals surface area contributed by atoms with Gasteiger partial charge in [0, 0.05) is 11.1 Å². The maximum absolute atomic E-state index is 11.7. The first-order valence-electron chi connectivity index (χ1n) is 6.00. The zero-order chi connectivity index (χ0) is 15.2. The smallest absolute Gasteiger partial charge is 0.335 e. The van der Waals surface area contributed by atoms with Gasteiger partial charge in [-0.3, -0.25) is 14.9 Å². The van der Waals surface area contributed by atoms with Crippen LogP contribution in [-0.2, 0) is 4.79 Å². The number of aromatic nitrogens is 1. The van der Waals surface area contributed by atoms with E-state index in [4.69, 9.17) is 5.11 Å². The Balaban J connectivity index is 1.88. The summed E-state index contributed by atoms with van der Waals surface area (Å²) in [6.07, 6.45) is 1.59. The summed E-state index contributed by atoms with van der Waals surface area (Å²) < 4.78 is 0. The number of benzene rings is 1. The Hall–Kier alpha value is -2.54. The molecule has 2 aromatic rings. The van der Waals surface area contributed by atoms with Crippen molar-refractivity contribution in [2.45, 2.75) is 4.90 Å². The van der Waals surface area contributed by atoms with E-state index in [0.717, 1.165) is 11.8 Å².